The number of fused-ring (bicyclic) bond motifs is 1. The lowest BCUT2D eigenvalue weighted by Gasteiger charge is -2.29. The van der Waals surface area contributed by atoms with Crippen LogP contribution in [-0.4, -0.2) is 41.8 Å². The molecule has 3 aromatic rings. The summed E-state index contributed by atoms with van der Waals surface area (Å²) < 4.78 is 5.66. The maximum Gasteiger partial charge on any atom is 0.265 e. The van der Waals surface area contributed by atoms with Crippen molar-refractivity contribution >= 4 is 11.6 Å². The van der Waals surface area contributed by atoms with E-state index in [2.05, 4.69) is 0 Å². The molecule has 3 N–H and O–H groups in total. The molecule has 6 heteroatoms. The van der Waals surface area contributed by atoms with E-state index >= 15 is 0 Å². The Labute approximate surface area is 175 Å². The van der Waals surface area contributed by atoms with E-state index in [1.54, 1.807) is 4.90 Å². The van der Waals surface area contributed by atoms with Crippen molar-refractivity contribution in [2.24, 2.45) is 5.73 Å². The maximum absolute atomic E-state index is 12.3. The molecule has 2 heterocycles. The van der Waals surface area contributed by atoms with Gasteiger partial charge in [0, 0.05) is 24.2 Å². The van der Waals surface area contributed by atoms with E-state index in [4.69, 9.17) is 15.5 Å². The van der Waals surface area contributed by atoms with Crippen LogP contribution in [0.4, 0.5) is 5.69 Å². The van der Waals surface area contributed by atoms with Crippen LogP contribution in [0.1, 0.15) is 12.5 Å². The van der Waals surface area contributed by atoms with E-state index in [0.717, 1.165) is 27.9 Å². The number of aromatic nitrogens is 1. The van der Waals surface area contributed by atoms with Crippen LogP contribution in [0.25, 0.3) is 22.4 Å². The lowest BCUT2D eigenvalue weighted by Crippen LogP contribution is -2.39. The van der Waals surface area contributed by atoms with E-state index in [-0.39, 0.29) is 19.1 Å². The van der Waals surface area contributed by atoms with Crippen molar-refractivity contribution < 1.29 is 14.6 Å². The predicted octanol–water partition coefficient (Wildman–Crippen LogP) is 3.02. The number of carbonyl (C=O) groups is 1. The Morgan fingerprint density at radius 3 is 2.53 bits per heavy atom. The Kier molecular flexibility index (Phi) is 5.79. The zero-order valence-electron chi connectivity index (χ0n) is 16.9. The summed E-state index contributed by atoms with van der Waals surface area (Å²) in [6, 6.07) is 19.9. The van der Waals surface area contributed by atoms with Crippen LogP contribution in [0.15, 0.2) is 60.7 Å². The molecule has 0 radical (unpaired) electrons. The second-order valence-corrected chi connectivity index (χ2v) is 7.29. The third-order valence-electron chi connectivity index (χ3n) is 5.26. The zero-order valence-corrected chi connectivity index (χ0v) is 16.9. The van der Waals surface area contributed by atoms with E-state index < -0.39 is 6.10 Å². The first-order chi connectivity index (χ1) is 14.6. The Morgan fingerprint density at radius 1 is 1.13 bits per heavy atom. The molecule has 1 atom stereocenters. The van der Waals surface area contributed by atoms with Crippen molar-refractivity contribution in [3.8, 4) is 28.3 Å². The van der Waals surface area contributed by atoms with Crippen molar-refractivity contribution in [3.63, 3.8) is 0 Å². The first kappa shape index (κ1) is 20.1. The van der Waals surface area contributed by atoms with Gasteiger partial charge in [-0.15, -0.1) is 0 Å². The molecule has 0 fully saturated rings. The quantitative estimate of drug-likeness (QED) is 0.660. The summed E-state index contributed by atoms with van der Waals surface area (Å²) in [4.78, 5) is 18.8. The fraction of sp³-hybridized carbons (Fsp3) is 0.250. The maximum atomic E-state index is 12.3. The number of ether oxygens (including phenoxy) is 1. The summed E-state index contributed by atoms with van der Waals surface area (Å²) in [5.41, 5.74) is 10.9. The first-order valence-electron chi connectivity index (χ1n) is 10.1. The van der Waals surface area contributed by atoms with Gasteiger partial charge in [-0.1, -0.05) is 54.6 Å². The highest BCUT2D eigenvalue weighted by Crippen LogP contribution is 2.40. The number of likely N-dealkylation sites (N-methyl/N-ethyl adjacent to an activating group) is 1. The van der Waals surface area contributed by atoms with Crippen LogP contribution in [-0.2, 0) is 11.2 Å². The van der Waals surface area contributed by atoms with Crippen molar-refractivity contribution in [2.75, 3.05) is 24.6 Å². The molecule has 0 spiro atoms. The zero-order chi connectivity index (χ0) is 21.1. The molecule has 1 aromatic heterocycles. The molecule has 0 aliphatic carbocycles. The molecule has 154 valence electrons. The Bertz CT molecular complexity index is 1040. The summed E-state index contributed by atoms with van der Waals surface area (Å²) in [5.74, 6) is 0.398. The molecule has 1 aliphatic rings. The molecular formula is C24H25N3O3. The summed E-state index contributed by atoms with van der Waals surface area (Å²) in [6.45, 7) is 2.73. The molecule has 1 aliphatic heterocycles. The van der Waals surface area contributed by atoms with Gasteiger partial charge in [0.2, 0.25) is 5.88 Å². The number of pyridine rings is 1. The van der Waals surface area contributed by atoms with Crippen LogP contribution in [0.2, 0.25) is 0 Å². The summed E-state index contributed by atoms with van der Waals surface area (Å²) in [6.07, 6.45) is -0.0417. The third kappa shape index (κ3) is 3.92. The number of nitrogens with zero attached hydrogens (tertiary/aromatic N) is 2. The number of rotatable bonds is 6. The molecule has 0 saturated heterocycles. The molecule has 1 amide bonds. The van der Waals surface area contributed by atoms with Gasteiger partial charge in [0.05, 0.1) is 11.8 Å². The van der Waals surface area contributed by atoms with Crippen LogP contribution in [0.5, 0.6) is 5.88 Å². The molecule has 0 saturated carbocycles. The minimum atomic E-state index is -0.552. The van der Waals surface area contributed by atoms with Crippen molar-refractivity contribution in [1.82, 2.24) is 4.98 Å². The van der Waals surface area contributed by atoms with E-state index in [1.165, 1.54) is 0 Å². The highest BCUT2D eigenvalue weighted by molar-refractivity contribution is 5.99. The van der Waals surface area contributed by atoms with Gasteiger partial charge < -0.3 is 20.5 Å². The number of benzene rings is 2. The standard InChI is InChI=1S/C24H25N3O3/c1-2-27-21-13-20(17-6-4-3-5-7-17)23(26-24(21)30-15-22(27)29)18-10-8-16(9-11-18)12-19(28)14-25/h3-11,13,19,28H,2,12,14-15,25H2,1H3. The first-order valence-corrected chi connectivity index (χ1v) is 10.1. The molecule has 1 unspecified atom stereocenters. The van der Waals surface area contributed by atoms with Crippen molar-refractivity contribution in [1.29, 1.82) is 0 Å². The van der Waals surface area contributed by atoms with Crippen molar-refractivity contribution in [2.45, 2.75) is 19.4 Å². The second-order valence-electron chi connectivity index (χ2n) is 7.29. The average Bonchev–Trinajstić information content (AvgIpc) is 2.79. The summed E-state index contributed by atoms with van der Waals surface area (Å²) >= 11 is 0. The van der Waals surface area contributed by atoms with E-state index in [0.29, 0.717) is 24.5 Å². The third-order valence-corrected chi connectivity index (χ3v) is 5.26. The van der Waals surface area contributed by atoms with Gasteiger partial charge >= 0.3 is 0 Å². The van der Waals surface area contributed by atoms with Gasteiger partial charge in [-0.05, 0) is 30.5 Å². The van der Waals surface area contributed by atoms with E-state index in [9.17, 15) is 9.90 Å². The second kappa shape index (κ2) is 8.65. The van der Waals surface area contributed by atoms with Crippen LogP contribution < -0.4 is 15.4 Å². The van der Waals surface area contributed by atoms with Gasteiger partial charge in [-0.25, -0.2) is 4.98 Å². The molecule has 6 nitrogen and oxygen atoms in total. The number of carbonyl (C=O) groups excluding carboxylic acids is 1. The van der Waals surface area contributed by atoms with Gasteiger partial charge in [-0.2, -0.15) is 0 Å². The number of anilines is 1. The Balaban J connectivity index is 1.82. The Hall–Kier alpha value is -3.22. The van der Waals surface area contributed by atoms with Gasteiger partial charge in [0.15, 0.2) is 6.61 Å². The molecule has 0 bridgehead atoms. The summed E-state index contributed by atoms with van der Waals surface area (Å²) in [7, 11) is 0. The molecule has 2 aromatic carbocycles. The fourth-order valence-corrected chi connectivity index (χ4v) is 3.69. The van der Waals surface area contributed by atoms with Gasteiger partial charge in [0.25, 0.3) is 5.91 Å². The summed E-state index contributed by atoms with van der Waals surface area (Å²) in [5, 5.41) is 9.81. The normalized spacial score (nSPS) is 14.2. The minimum Gasteiger partial charge on any atom is -0.466 e. The smallest absolute Gasteiger partial charge is 0.265 e. The van der Waals surface area contributed by atoms with Gasteiger partial charge in [0.1, 0.15) is 5.69 Å². The lowest BCUT2D eigenvalue weighted by atomic mass is 9.97. The SMILES string of the molecule is CCN1C(=O)COc2nc(-c3ccc(CC(O)CN)cc3)c(-c3ccccc3)cc21. The minimum absolute atomic E-state index is 0.00607. The highest BCUT2D eigenvalue weighted by Gasteiger charge is 2.27. The molecule has 4 rings (SSSR count). The monoisotopic (exact) mass is 403 g/mol. The number of amides is 1. The number of aliphatic hydroxyl groups excluding tert-OH is 1. The van der Waals surface area contributed by atoms with Crippen LogP contribution in [0, 0.1) is 0 Å². The average molecular weight is 403 g/mol. The molecule has 30 heavy (non-hydrogen) atoms. The number of hydrogen-bond donors (Lipinski definition) is 2. The lowest BCUT2D eigenvalue weighted by molar-refractivity contribution is -0.121. The largest absolute Gasteiger partial charge is 0.466 e. The number of hydrogen-bond acceptors (Lipinski definition) is 5. The highest BCUT2D eigenvalue weighted by atomic mass is 16.5. The van der Waals surface area contributed by atoms with Crippen LogP contribution >= 0.6 is 0 Å². The molecular weight excluding hydrogens is 378 g/mol. The number of aliphatic hydroxyl groups is 1. The predicted molar refractivity (Wildman–Crippen MR) is 117 cm³/mol. The number of nitrogens with two attached hydrogens (primary N) is 1. The van der Waals surface area contributed by atoms with Crippen molar-refractivity contribution in [3.05, 3.63) is 66.2 Å². The fourth-order valence-electron chi connectivity index (χ4n) is 3.69. The van der Waals surface area contributed by atoms with Gasteiger partial charge in [-0.3, -0.25) is 4.79 Å². The Morgan fingerprint density at radius 2 is 1.87 bits per heavy atom. The van der Waals surface area contributed by atoms with Crippen LogP contribution in [0.3, 0.4) is 0 Å². The topological polar surface area (TPSA) is 88.7 Å². The van der Waals surface area contributed by atoms with E-state index in [1.807, 2.05) is 67.6 Å².